The van der Waals surface area contributed by atoms with Crippen molar-refractivity contribution in [2.45, 2.75) is 33.1 Å². The Kier molecular flexibility index (Phi) is 4.99. The maximum absolute atomic E-state index is 6.14. The third-order valence-electron chi connectivity index (χ3n) is 3.85. The zero-order valence-corrected chi connectivity index (χ0v) is 12.8. The summed E-state index contributed by atoms with van der Waals surface area (Å²) < 4.78 is 0. The number of piperidine rings is 1. The summed E-state index contributed by atoms with van der Waals surface area (Å²) in [6, 6.07) is 0. The first kappa shape index (κ1) is 14.5. The molecule has 0 unspecified atom stereocenters. The van der Waals surface area contributed by atoms with Crippen molar-refractivity contribution in [1.82, 2.24) is 14.9 Å². The van der Waals surface area contributed by atoms with Gasteiger partial charge >= 0.3 is 0 Å². The molecule has 1 aliphatic rings. The highest BCUT2D eigenvalue weighted by molar-refractivity contribution is 6.30. The van der Waals surface area contributed by atoms with Crippen LogP contribution in [-0.4, -0.2) is 41.5 Å². The number of halogens is 1. The Bertz CT molecular complexity index is 428. The number of hydrogen-bond acceptors (Lipinski definition) is 4. The lowest BCUT2D eigenvalue weighted by Crippen LogP contribution is -2.33. The third kappa shape index (κ3) is 3.80. The minimum atomic E-state index is 0.567. The number of nitrogens with zero attached hydrogens (tertiary/aromatic N) is 3. The van der Waals surface area contributed by atoms with Crippen LogP contribution >= 0.6 is 11.6 Å². The highest BCUT2D eigenvalue weighted by Crippen LogP contribution is 2.22. The molecular weight excluding hydrogens is 260 g/mol. The Morgan fingerprint density at radius 3 is 2.63 bits per heavy atom. The van der Waals surface area contributed by atoms with E-state index < -0.39 is 0 Å². The zero-order chi connectivity index (χ0) is 13.8. The summed E-state index contributed by atoms with van der Waals surface area (Å²) in [6.45, 7) is 7.37. The number of likely N-dealkylation sites (tertiary alicyclic amines) is 1. The van der Waals surface area contributed by atoms with E-state index in [1.165, 1.54) is 25.9 Å². The highest BCUT2D eigenvalue weighted by Gasteiger charge is 2.17. The number of anilines is 1. The Labute approximate surface area is 120 Å². The summed E-state index contributed by atoms with van der Waals surface area (Å²) in [5.74, 6) is 2.44. The van der Waals surface area contributed by atoms with Crippen molar-refractivity contribution < 1.29 is 0 Å². The van der Waals surface area contributed by atoms with E-state index in [1.807, 2.05) is 13.8 Å². The first-order chi connectivity index (χ1) is 9.10. The molecule has 2 heterocycles. The number of nitrogens with one attached hydrogen (secondary N) is 1. The highest BCUT2D eigenvalue weighted by atomic mass is 35.5. The van der Waals surface area contributed by atoms with E-state index in [0.29, 0.717) is 5.15 Å². The van der Waals surface area contributed by atoms with Gasteiger partial charge in [-0.2, -0.15) is 0 Å². The summed E-state index contributed by atoms with van der Waals surface area (Å²) in [4.78, 5) is 11.2. The van der Waals surface area contributed by atoms with Crippen LogP contribution in [0, 0.1) is 12.8 Å². The second-order valence-electron chi connectivity index (χ2n) is 5.39. The van der Waals surface area contributed by atoms with Crippen LogP contribution in [0.15, 0.2) is 0 Å². The summed E-state index contributed by atoms with van der Waals surface area (Å²) in [5, 5.41) is 4.03. The van der Waals surface area contributed by atoms with E-state index in [4.69, 9.17) is 11.6 Å². The van der Waals surface area contributed by atoms with Gasteiger partial charge in [-0.1, -0.05) is 18.5 Å². The molecule has 0 aliphatic carbocycles. The Morgan fingerprint density at radius 2 is 2.00 bits per heavy atom. The van der Waals surface area contributed by atoms with E-state index in [2.05, 4.69) is 27.2 Å². The van der Waals surface area contributed by atoms with E-state index >= 15 is 0 Å². The minimum absolute atomic E-state index is 0.567. The summed E-state index contributed by atoms with van der Waals surface area (Å²) in [7, 11) is 2.19. The molecule has 0 atom stereocenters. The van der Waals surface area contributed by atoms with Gasteiger partial charge in [0.25, 0.3) is 0 Å². The molecule has 106 valence electrons. The second-order valence-corrected chi connectivity index (χ2v) is 5.74. The van der Waals surface area contributed by atoms with Crippen LogP contribution in [0.1, 0.15) is 31.2 Å². The molecule has 1 aromatic heterocycles. The van der Waals surface area contributed by atoms with Gasteiger partial charge in [0.2, 0.25) is 0 Å². The lowest BCUT2D eigenvalue weighted by atomic mass is 9.97. The van der Waals surface area contributed by atoms with E-state index in [-0.39, 0.29) is 0 Å². The first-order valence-corrected chi connectivity index (χ1v) is 7.43. The molecule has 1 aromatic rings. The Morgan fingerprint density at radius 1 is 1.32 bits per heavy atom. The monoisotopic (exact) mass is 282 g/mol. The van der Waals surface area contributed by atoms with Gasteiger partial charge in [0, 0.05) is 18.5 Å². The predicted octanol–water partition coefficient (Wildman–Crippen LogP) is 2.75. The van der Waals surface area contributed by atoms with E-state index in [0.717, 1.165) is 36.1 Å². The molecule has 0 saturated carbocycles. The smallest absolute Gasteiger partial charge is 0.137 e. The molecule has 1 fully saturated rings. The Hall–Kier alpha value is -0.870. The molecule has 1 saturated heterocycles. The van der Waals surface area contributed by atoms with Gasteiger partial charge in [0.1, 0.15) is 16.8 Å². The number of aromatic nitrogens is 2. The molecule has 1 N–H and O–H groups in total. The maximum Gasteiger partial charge on any atom is 0.137 e. The molecule has 5 heteroatoms. The van der Waals surface area contributed by atoms with Gasteiger partial charge in [-0.3, -0.25) is 0 Å². The minimum Gasteiger partial charge on any atom is -0.369 e. The number of hydrogen-bond donors (Lipinski definition) is 1. The molecule has 19 heavy (non-hydrogen) atoms. The van der Waals surface area contributed by atoms with Crippen LogP contribution in [0.2, 0.25) is 5.15 Å². The molecule has 0 bridgehead atoms. The van der Waals surface area contributed by atoms with Gasteiger partial charge in [0.15, 0.2) is 0 Å². The van der Waals surface area contributed by atoms with Crippen molar-refractivity contribution in [3.05, 3.63) is 16.5 Å². The van der Waals surface area contributed by atoms with Gasteiger partial charge in [-0.25, -0.2) is 9.97 Å². The number of rotatable bonds is 4. The van der Waals surface area contributed by atoms with Crippen LogP contribution in [0.5, 0.6) is 0 Å². The maximum atomic E-state index is 6.14. The van der Waals surface area contributed by atoms with Crippen molar-refractivity contribution in [2.24, 2.45) is 5.92 Å². The third-order valence-corrected chi connectivity index (χ3v) is 4.21. The second kappa shape index (κ2) is 6.53. The topological polar surface area (TPSA) is 41.1 Å². The predicted molar refractivity (Wildman–Crippen MR) is 79.9 cm³/mol. The Balaban J connectivity index is 1.97. The average molecular weight is 283 g/mol. The molecule has 1 aliphatic heterocycles. The first-order valence-electron chi connectivity index (χ1n) is 7.05. The van der Waals surface area contributed by atoms with Crippen molar-refractivity contribution in [1.29, 1.82) is 0 Å². The van der Waals surface area contributed by atoms with Crippen LogP contribution < -0.4 is 5.32 Å². The largest absolute Gasteiger partial charge is 0.369 e. The fourth-order valence-corrected chi connectivity index (χ4v) is 2.56. The molecule has 0 amide bonds. The molecule has 4 nitrogen and oxygen atoms in total. The average Bonchev–Trinajstić information content (AvgIpc) is 2.42. The van der Waals surface area contributed by atoms with E-state index in [9.17, 15) is 0 Å². The van der Waals surface area contributed by atoms with Gasteiger partial charge in [-0.15, -0.1) is 0 Å². The van der Waals surface area contributed by atoms with Crippen LogP contribution in [0.3, 0.4) is 0 Å². The van der Waals surface area contributed by atoms with Crippen molar-refractivity contribution in [3.8, 4) is 0 Å². The standard InChI is InChI=1S/C14H23ClN4/c1-4-12-17-13(15)10(2)14(18-12)16-9-11-5-7-19(3)8-6-11/h11H,4-9H2,1-3H3,(H,16,17,18). The normalized spacial score (nSPS) is 17.7. The van der Waals surface area contributed by atoms with Crippen LogP contribution in [0.25, 0.3) is 0 Å². The summed E-state index contributed by atoms with van der Waals surface area (Å²) in [6.07, 6.45) is 3.31. The van der Waals surface area contributed by atoms with Crippen LogP contribution in [0.4, 0.5) is 5.82 Å². The lowest BCUT2D eigenvalue weighted by Gasteiger charge is -2.29. The lowest BCUT2D eigenvalue weighted by molar-refractivity contribution is 0.226. The molecule has 0 spiro atoms. The fourth-order valence-electron chi connectivity index (χ4n) is 2.37. The van der Waals surface area contributed by atoms with Crippen molar-refractivity contribution in [2.75, 3.05) is 32.0 Å². The van der Waals surface area contributed by atoms with Crippen molar-refractivity contribution in [3.63, 3.8) is 0 Å². The van der Waals surface area contributed by atoms with Gasteiger partial charge < -0.3 is 10.2 Å². The molecule has 0 radical (unpaired) electrons. The van der Waals surface area contributed by atoms with E-state index in [1.54, 1.807) is 0 Å². The quantitative estimate of drug-likeness (QED) is 0.862. The number of aryl methyl sites for hydroxylation is 1. The molecular formula is C14H23ClN4. The summed E-state index contributed by atoms with van der Waals surface area (Å²) >= 11 is 6.14. The summed E-state index contributed by atoms with van der Waals surface area (Å²) in [5.41, 5.74) is 0.951. The SMILES string of the molecule is CCc1nc(Cl)c(C)c(NCC2CCN(C)CC2)n1. The van der Waals surface area contributed by atoms with Gasteiger partial charge in [0.05, 0.1) is 0 Å². The molecule has 0 aromatic carbocycles. The van der Waals surface area contributed by atoms with Crippen molar-refractivity contribution >= 4 is 17.4 Å². The fraction of sp³-hybridized carbons (Fsp3) is 0.714. The zero-order valence-electron chi connectivity index (χ0n) is 12.0. The van der Waals surface area contributed by atoms with Crippen LogP contribution in [-0.2, 0) is 6.42 Å². The molecule has 2 rings (SSSR count). The van der Waals surface area contributed by atoms with Gasteiger partial charge in [-0.05, 0) is 45.8 Å².